The van der Waals surface area contributed by atoms with Crippen molar-refractivity contribution < 1.29 is 19.1 Å². The Labute approximate surface area is 204 Å². The fourth-order valence-electron chi connectivity index (χ4n) is 5.29. The van der Waals surface area contributed by atoms with Gasteiger partial charge in [0.2, 0.25) is 11.8 Å². The van der Waals surface area contributed by atoms with Crippen molar-refractivity contribution in [3.63, 3.8) is 0 Å². The van der Waals surface area contributed by atoms with Crippen LogP contribution in [0.1, 0.15) is 42.5 Å². The summed E-state index contributed by atoms with van der Waals surface area (Å²) < 4.78 is 5.16. The van der Waals surface area contributed by atoms with Gasteiger partial charge in [0.1, 0.15) is 5.75 Å². The fourth-order valence-corrected chi connectivity index (χ4v) is 5.54. The summed E-state index contributed by atoms with van der Waals surface area (Å²) >= 11 is 6.16. The summed E-state index contributed by atoms with van der Waals surface area (Å²) in [6.45, 7) is 2.02. The Kier molecular flexibility index (Phi) is 5.98. The highest BCUT2D eigenvalue weighted by Crippen LogP contribution is 2.59. The second-order valence-electron chi connectivity index (χ2n) is 9.45. The maximum atomic E-state index is 13.0. The van der Waals surface area contributed by atoms with Gasteiger partial charge in [-0.2, -0.15) is 0 Å². The number of anilines is 2. The highest BCUT2D eigenvalue weighted by atomic mass is 35.5. The molecule has 2 aromatic carbocycles. The number of benzene rings is 2. The van der Waals surface area contributed by atoms with E-state index in [4.69, 9.17) is 16.3 Å². The molecule has 8 heteroatoms. The molecule has 1 unspecified atom stereocenters. The molecule has 5 rings (SSSR count). The SMILES string of the molecule is COc1ccc(NC(=O)C2CC23CCN(C(=O)c2ccc(N4CCCC4=O)cc2)CC3)cc1Cl. The van der Waals surface area contributed by atoms with Gasteiger partial charge in [0.05, 0.1) is 12.1 Å². The maximum absolute atomic E-state index is 13.0. The molecule has 1 saturated carbocycles. The van der Waals surface area contributed by atoms with Crippen LogP contribution in [-0.2, 0) is 9.59 Å². The van der Waals surface area contributed by atoms with Crippen LogP contribution in [0.4, 0.5) is 11.4 Å². The predicted octanol–water partition coefficient (Wildman–Crippen LogP) is 4.36. The summed E-state index contributed by atoms with van der Waals surface area (Å²) in [5.41, 5.74) is 2.12. The zero-order valence-electron chi connectivity index (χ0n) is 19.2. The smallest absolute Gasteiger partial charge is 0.253 e. The minimum absolute atomic E-state index is 0.00340. The van der Waals surface area contributed by atoms with E-state index in [0.29, 0.717) is 41.5 Å². The molecule has 2 aliphatic heterocycles. The summed E-state index contributed by atoms with van der Waals surface area (Å²) in [5.74, 6) is 0.678. The molecule has 2 saturated heterocycles. The van der Waals surface area contributed by atoms with Gasteiger partial charge in [-0.1, -0.05) is 11.6 Å². The molecule has 1 atom stereocenters. The number of amides is 3. The molecule has 3 amide bonds. The highest BCUT2D eigenvalue weighted by Gasteiger charge is 2.58. The van der Waals surface area contributed by atoms with Gasteiger partial charge >= 0.3 is 0 Å². The number of carbonyl (C=O) groups excluding carboxylic acids is 3. The van der Waals surface area contributed by atoms with E-state index < -0.39 is 0 Å². The van der Waals surface area contributed by atoms with Crippen LogP contribution in [0.15, 0.2) is 42.5 Å². The van der Waals surface area contributed by atoms with Crippen molar-refractivity contribution in [1.29, 1.82) is 0 Å². The van der Waals surface area contributed by atoms with Crippen molar-refractivity contribution >= 4 is 40.7 Å². The molecule has 178 valence electrons. The highest BCUT2D eigenvalue weighted by molar-refractivity contribution is 6.32. The summed E-state index contributed by atoms with van der Waals surface area (Å²) in [4.78, 5) is 41.4. The number of methoxy groups -OCH3 is 1. The van der Waals surface area contributed by atoms with E-state index in [9.17, 15) is 14.4 Å². The number of carbonyl (C=O) groups is 3. The van der Waals surface area contributed by atoms with Crippen LogP contribution in [0.25, 0.3) is 0 Å². The van der Waals surface area contributed by atoms with Crippen LogP contribution >= 0.6 is 11.6 Å². The Hall–Kier alpha value is -3.06. The van der Waals surface area contributed by atoms with Gasteiger partial charge in [0, 0.05) is 48.9 Å². The molecule has 0 radical (unpaired) electrons. The normalized spacial score (nSPS) is 21.0. The molecule has 0 aromatic heterocycles. The van der Waals surface area contributed by atoms with Gasteiger partial charge in [-0.25, -0.2) is 0 Å². The molecule has 1 spiro atoms. The number of rotatable bonds is 5. The molecule has 34 heavy (non-hydrogen) atoms. The van der Waals surface area contributed by atoms with E-state index >= 15 is 0 Å². The standard InChI is InChI=1S/C26H28ClN3O4/c1-34-22-9-6-18(15-21(22)27)28-24(32)20-16-26(20)10-13-29(14-11-26)25(33)17-4-7-19(8-5-17)30-12-2-3-23(30)31/h4-9,15,20H,2-3,10-14,16H2,1H3,(H,28,32). The first kappa shape index (κ1) is 22.7. The Bertz CT molecular complexity index is 1130. The number of hydrogen-bond acceptors (Lipinski definition) is 4. The lowest BCUT2D eigenvalue weighted by Gasteiger charge is -2.33. The number of piperidine rings is 1. The number of ether oxygens (including phenoxy) is 1. The lowest BCUT2D eigenvalue weighted by molar-refractivity contribution is -0.118. The van der Waals surface area contributed by atoms with Crippen LogP contribution in [0, 0.1) is 11.3 Å². The molecule has 3 aliphatic rings. The van der Waals surface area contributed by atoms with Gasteiger partial charge in [0.15, 0.2) is 0 Å². The summed E-state index contributed by atoms with van der Waals surface area (Å²) in [7, 11) is 1.55. The summed E-state index contributed by atoms with van der Waals surface area (Å²) in [6, 6.07) is 12.5. The second-order valence-corrected chi connectivity index (χ2v) is 9.85. The van der Waals surface area contributed by atoms with Crippen molar-refractivity contribution in [2.24, 2.45) is 11.3 Å². The number of nitrogens with one attached hydrogen (secondary N) is 1. The molecule has 2 aromatic rings. The topological polar surface area (TPSA) is 79.0 Å². The first-order chi connectivity index (χ1) is 16.4. The molecule has 3 fully saturated rings. The summed E-state index contributed by atoms with van der Waals surface area (Å²) in [5, 5.41) is 3.43. The Morgan fingerprint density at radius 1 is 1.09 bits per heavy atom. The third kappa shape index (κ3) is 4.25. The number of hydrogen-bond donors (Lipinski definition) is 1. The zero-order chi connectivity index (χ0) is 23.9. The van der Waals surface area contributed by atoms with Crippen molar-refractivity contribution in [2.75, 3.05) is 37.0 Å². The Balaban J connectivity index is 1.15. The lowest BCUT2D eigenvalue weighted by Crippen LogP contribution is -2.40. The largest absolute Gasteiger partial charge is 0.495 e. The van der Waals surface area contributed by atoms with E-state index in [1.807, 2.05) is 17.0 Å². The molecule has 1 aliphatic carbocycles. The minimum Gasteiger partial charge on any atom is -0.495 e. The van der Waals surface area contributed by atoms with Crippen molar-refractivity contribution in [3.8, 4) is 5.75 Å². The van der Waals surface area contributed by atoms with Crippen LogP contribution in [0.2, 0.25) is 5.02 Å². The fraction of sp³-hybridized carbons (Fsp3) is 0.423. The quantitative estimate of drug-likeness (QED) is 0.688. The van der Waals surface area contributed by atoms with Gasteiger partial charge in [-0.3, -0.25) is 14.4 Å². The van der Waals surface area contributed by atoms with E-state index in [1.165, 1.54) is 0 Å². The predicted molar refractivity (Wildman–Crippen MR) is 130 cm³/mol. The average molecular weight is 482 g/mol. The third-order valence-corrected chi connectivity index (χ3v) is 7.77. The van der Waals surface area contributed by atoms with Gasteiger partial charge in [-0.15, -0.1) is 0 Å². The van der Waals surface area contributed by atoms with Crippen molar-refractivity contribution in [3.05, 3.63) is 53.1 Å². The Morgan fingerprint density at radius 2 is 1.82 bits per heavy atom. The first-order valence-electron chi connectivity index (χ1n) is 11.7. The van der Waals surface area contributed by atoms with Gasteiger partial charge in [0.25, 0.3) is 5.91 Å². The Morgan fingerprint density at radius 3 is 2.44 bits per heavy atom. The van der Waals surface area contributed by atoms with E-state index in [0.717, 1.165) is 37.9 Å². The van der Waals surface area contributed by atoms with Crippen molar-refractivity contribution in [1.82, 2.24) is 4.90 Å². The zero-order valence-corrected chi connectivity index (χ0v) is 19.9. The van der Waals surface area contributed by atoms with E-state index in [-0.39, 0.29) is 29.1 Å². The van der Waals surface area contributed by atoms with Crippen LogP contribution < -0.4 is 15.0 Å². The van der Waals surface area contributed by atoms with Crippen LogP contribution in [0.3, 0.4) is 0 Å². The van der Waals surface area contributed by atoms with E-state index in [1.54, 1.807) is 42.3 Å². The molecule has 1 N–H and O–H groups in total. The summed E-state index contributed by atoms with van der Waals surface area (Å²) in [6.07, 6.45) is 3.95. The minimum atomic E-state index is -0.0390. The molecular weight excluding hydrogens is 454 g/mol. The number of halogens is 1. The van der Waals surface area contributed by atoms with Gasteiger partial charge in [-0.05, 0) is 73.6 Å². The number of nitrogens with zero attached hydrogens (tertiary/aromatic N) is 2. The molecule has 0 bridgehead atoms. The first-order valence-corrected chi connectivity index (χ1v) is 12.1. The molecule has 2 heterocycles. The second kappa shape index (κ2) is 8.95. The van der Waals surface area contributed by atoms with Crippen molar-refractivity contribution in [2.45, 2.75) is 32.1 Å². The molecule has 7 nitrogen and oxygen atoms in total. The third-order valence-electron chi connectivity index (χ3n) is 7.47. The average Bonchev–Trinajstić information content (AvgIpc) is 3.37. The van der Waals surface area contributed by atoms with Gasteiger partial charge < -0.3 is 19.9 Å². The monoisotopic (exact) mass is 481 g/mol. The van der Waals surface area contributed by atoms with E-state index in [2.05, 4.69) is 5.32 Å². The van der Waals surface area contributed by atoms with Crippen LogP contribution in [-0.4, -0.2) is 49.4 Å². The number of likely N-dealkylation sites (tertiary alicyclic amines) is 1. The van der Waals surface area contributed by atoms with Crippen LogP contribution in [0.5, 0.6) is 5.75 Å². The maximum Gasteiger partial charge on any atom is 0.253 e. The molecular formula is C26H28ClN3O4. The lowest BCUT2D eigenvalue weighted by atomic mass is 9.90.